The SMILES string of the molecule is O=C(NC1CCCCCCCCCCC1)C(=O)NC1CCCCCCCCCCC1. The van der Waals surface area contributed by atoms with Gasteiger partial charge in [0.25, 0.3) is 0 Å². The second-order valence-electron chi connectivity index (χ2n) is 9.86. The van der Waals surface area contributed by atoms with E-state index in [1.807, 2.05) is 0 Å². The zero-order chi connectivity index (χ0) is 21.3. The first kappa shape index (κ1) is 25.2. The molecule has 0 spiro atoms. The van der Waals surface area contributed by atoms with Gasteiger partial charge in [0, 0.05) is 12.1 Å². The summed E-state index contributed by atoms with van der Waals surface area (Å²) < 4.78 is 0. The molecule has 0 bridgehead atoms. The van der Waals surface area contributed by atoms with Gasteiger partial charge in [-0.2, -0.15) is 0 Å². The number of rotatable bonds is 2. The maximum absolute atomic E-state index is 12.6. The van der Waals surface area contributed by atoms with Crippen molar-refractivity contribution < 1.29 is 9.59 Å². The third-order valence-corrected chi connectivity index (χ3v) is 7.09. The molecule has 0 saturated heterocycles. The normalized spacial score (nSPS) is 23.1. The van der Waals surface area contributed by atoms with Crippen LogP contribution < -0.4 is 10.6 Å². The van der Waals surface area contributed by atoms with E-state index in [-0.39, 0.29) is 12.1 Å². The van der Waals surface area contributed by atoms with Crippen LogP contribution in [0.5, 0.6) is 0 Å². The van der Waals surface area contributed by atoms with Gasteiger partial charge in [0.15, 0.2) is 0 Å². The molecule has 0 heterocycles. The molecule has 0 unspecified atom stereocenters. The van der Waals surface area contributed by atoms with Crippen molar-refractivity contribution in [2.24, 2.45) is 0 Å². The highest BCUT2D eigenvalue weighted by Gasteiger charge is 2.21. The van der Waals surface area contributed by atoms with Crippen LogP contribution >= 0.6 is 0 Å². The highest BCUT2D eigenvalue weighted by Crippen LogP contribution is 2.18. The Bertz CT molecular complexity index is 400. The summed E-state index contributed by atoms with van der Waals surface area (Å²) in [5.74, 6) is -0.809. The fourth-order valence-electron chi connectivity index (χ4n) is 5.12. The summed E-state index contributed by atoms with van der Waals surface area (Å²) in [6, 6.07) is 0.331. The molecule has 2 aliphatic rings. The van der Waals surface area contributed by atoms with Gasteiger partial charge >= 0.3 is 11.8 Å². The van der Waals surface area contributed by atoms with Crippen molar-refractivity contribution in [3.8, 4) is 0 Å². The topological polar surface area (TPSA) is 58.2 Å². The molecule has 4 nitrogen and oxygen atoms in total. The predicted molar refractivity (Wildman–Crippen MR) is 125 cm³/mol. The number of hydrogen-bond donors (Lipinski definition) is 2. The molecule has 0 radical (unpaired) electrons. The van der Waals surface area contributed by atoms with E-state index in [0.29, 0.717) is 0 Å². The molecule has 0 aromatic carbocycles. The van der Waals surface area contributed by atoms with Gasteiger partial charge in [-0.25, -0.2) is 0 Å². The third kappa shape index (κ3) is 12.0. The zero-order valence-corrected chi connectivity index (χ0v) is 19.5. The number of hydrogen-bond acceptors (Lipinski definition) is 2. The smallest absolute Gasteiger partial charge is 0.309 e. The monoisotopic (exact) mass is 420 g/mol. The fourth-order valence-corrected chi connectivity index (χ4v) is 5.12. The number of carbonyl (C=O) groups is 2. The van der Waals surface area contributed by atoms with Crippen LogP contribution in [0.2, 0.25) is 0 Å². The van der Waals surface area contributed by atoms with E-state index in [0.717, 1.165) is 51.4 Å². The van der Waals surface area contributed by atoms with E-state index in [2.05, 4.69) is 10.6 Å². The molecule has 2 fully saturated rings. The third-order valence-electron chi connectivity index (χ3n) is 7.09. The minimum atomic E-state index is -0.404. The maximum Gasteiger partial charge on any atom is 0.309 e. The average Bonchev–Trinajstić information content (AvgIpc) is 2.72. The highest BCUT2D eigenvalue weighted by molar-refractivity contribution is 6.35. The van der Waals surface area contributed by atoms with Crippen LogP contribution in [0.25, 0.3) is 0 Å². The van der Waals surface area contributed by atoms with Crippen LogP contribution in [-0.4, -0.2) is 23.9 Å². The lowest BCUT2D eigenvalue weighted by molar-refractivity contribution is -0.140. The lowest BCUT2D eigenvalue weighted by Crippen LogP contribution is -2.47. The Labute approximate surface area is 185 Å². The van der Waals surface area contributed by atoms with E-state index in [4.69, 9.17) is 0 Å². The molecule has 174 valence electrons. The quantitative estimate of drug-likeness (QED) is 0.497. The van der Waals surface area contributed by atoms with Crippen LogP contribution in [-0.2, 0) is 9.59 Å². The van der Waals surface area contributed by atoms with Gasteiger partial charge in [-0.05, 0) is 25.7 Å². The minimum Gasteiger partial charge on any atom is -0.345 e. The molecule has 4 heteroatoms. The number of amides is 2. The molecule has 0 aromatic rings. The Hall–Kier alpha value is -1.06. The molecular weight excluding hydrogens is 372 g/mol. The lowest BCUT2D eigenvalue weighted by Gasteiger charge is -2.22. The van der Waals surface area contributed by atoms with Gasteiger partial charge in [-0.1, -0.05) is 116 Å². The largest absolute Gasteiger partial charge is 0.345 e. The Morgan fingerprint density at radius 1 is 0.367 bits per heavy atom. The van der Waals surface area contributed by atoms with E-state index < -0.39 is 11.8 Å². The second-order valence-corrected chi connectivity index (χ2v) is 9.86. The van der Waals surface area contributed by atoms with Gasteiger partial charge in [-0.3, -0.25) is 9.59 Å². The number of nitrogens with one attached hydrogen (secondary N) is 2. The average molecular weight is 421 g/mol. The molecule has 0 aromatic heterocycles. The van der Waals surface area contributed by atoms with Crippen molar-refractivity contribution in [1.82, 2.24) is 10.6 Å². The Morgan fingerprint density at radius 3 is 0.800 bits per heavy atom. The zero-order valence-electron chi connectivity index (χ0n) is 19.5. The summed E-state index contributed by atoms with van der Waals surface area (Å²) in [5.41, 5.74) is 0. The first-order valence-corrected chi connectivity index (χ1v) is 13.4. The molecule has 2 saturated carbocycles. The first-order chi connectivity index (χ1) is 14.8. The van der Waals surface area contributed by atoms with E-state index in [9.17, 15) is 9.59 Å². The van der Waals surface area contributed by atoms with Crippen LogP contribution in [0, 0.1) is 0 Å². The Balaban J connectivity index is 1.77. The second kappa shape index (κ2) is 16.6. The minimum absolute atomic E-state index is 0.166. The Kier molecular flexibility index (Phi) is 14.0. The van der Waals surface area contributed by atoms with Crippen LogP contribution in [0.1, 0.15) is 141 Å². The van der Waals surface area contributed by atoms with Gasteiger partial charge in [0.1, 0.15) is 0 Å². The molecular formula is C26H48N2O2. The van der Waals surface area contributed by atoms with Crippen molar-refractivity contribution in [2.45, 2.75) is 153 Å². The summed E-state index contributed by atoms with van der Waals surface area (Å²) in [5, 5.41) is 6.16. The van der Waals surface area contributed by atoms with Crippen molar-refractivity contribution in [3.05, 3.63) is 0 Å². The molecule has 30 heavy (non-hydrogen) atoms. The summed E-state index contributed by atoms with van der Waals surface area (Å²) in [4.78, 5) is 25.2. The van der Waals surface area contributed by atoms with E-state index >= 15 is 0 Å². The maximum atomic E-state index is 12.6. The van der Waals surface area contributed by atoms with Crippen molar-refractivity contribution in [2.75, 3.05) is 0 Å². The van der Waals surface area contributed by atoms with Gasteiger partial charge in [-0.15, -0.1) is 0 Å². The van der Waals surface area contributed by atoms with Gasteiger partial charge in [0.05, 0.1) is 0 Å². The van der Waals surface area contributed by atoms with Crippen molar-refractivity contribution in [1.29, 1.82) is 0 Å². The van der Waals surface area contributed by atoms with Crippen LogP contribution in [0.3, 0.4) is 0 Å². The Morgan fingerprint density at radius 2 is 0.567 bits per heavy atom. The van der Waals surface area contributed by atoms with Gasteiger partial charge < -0.3 is 10.6 Å². The summed E-state index contributed by atoms with van der Waals surface area (Å²) >= 11 is 0. The van der Waals surface area contributed by atoms with Crippen molar-refractivity contribution >= 4 is 11.8 Å². The first-order valence-electron chi connectivity index (χ1n) is 13.4. The van der Waals surface area contributed by atoms with Crippen LogP contribution in [0.4, 0.5) is 0 Å². The molecule has 2 rings (SSSR count). The predicted octanol–water partition coefficient (Wildman–Crippen LogP) is 6.57. The van der Waals surface area contributed by atoms with E-state index in [1.165, 1.54) is 89.9 Å². The summed E-state index contributed by atoms with van der Waals surface area (Å²) in [6.07, 6.45) is 27.1. The lowest BCUT2D eigenvalue weighted by atomic mass is 9.97. The highest BCUT2D eigenvalue weighted by atomic mass is 16.2. The summed E-state index contributed by atoms with van der Waals surface area (Å²) in [6.45, 7) is 0. The van der Waals surface area contributed by atoms with Crippen molar-refractivity contribution in [3.63, 3.8) is 0 Å². The summed E-state index contributed by atoms with van der Waals surface area (Å²) in [7, 11) is 0. The van der Waals surface area contributed by atoms with Gasteiger partial charge in [0.2, 0.25) is 0 Å². The molecule has 0 atom stereocenters. The molecule has 2 amide bonds. The number of carbonyl (C=O) groups excluding carboxylic acids is 2. The molecule has 2 aliphatic carbocycles. The molecule has 2 N–H and O–H groups in total. The fraction of sp³-hybridized carbons (Fsp3) is 0.923. The van der Waals surface area contributed by atoms with E-state index in [1.54, 1.807) is 0 Å². The molecule has 0 aliphatic heterocycles. The standard InChI is InChI=1S/C26H48N2O2/c29-25(27-23-19-15-11-7-3-1-4-8-12-16-20-23)26(30)28-24-21-17-13-9-5-2-6-10-14-18-22-24/h23-24H,1-22H2,(H,27,29)(H,28,30). The van der Waals surface area contributed by atoms with Crippen LogP contribution in [0.15, 0.2) is 0 Å².